The van der Waals surface area contributed by atoms with Crippen LogP contribution in [0.5, 0.6) is 11.6 Å². The van der Waals surface area contributed by atoms with Crippen LogP contribution in [0.15, 0.2) is 30.5 Å². The molecule has 0 saturated heterocycles. The van der Waals surface area contributed by atoms with E-state index in [0.29, 0.717) is 24.8 Å². The average Bonchev–Trinajstić information content (AvgIpc) is 2.44. The molecule has 0 aliphatic heterocycles. The molecular weight excluding hydrogens is 261 g/mol. The van der Waals surface area contributed by atoms with Crippen molar-refractivity contribution in [2.45, 2.75) is 13.5 Å². The van der Waals surface area contributed by atoms with Gasteiger partial charge in [-0.05, 0) is 24.6 Å². The number of methoxy groups -OCH3 is 1. The van der Waals surface area contributed by atoms with E-state index in [0.717, 1.165) is 11.8 Å². The maximum atomic E-state index is 13.6. The van der Waals surface area contributed by atoms with Gasteiger partial charge in [-0.2, -0.15) is 9.37 Å². The molecule has 6 heteroatoms. The van der Waals surface area contributed by atoms with Gasteiger partial charge in [-0.3, -0.25) is 0 Å². The van der Waals surface area contributed by atoms with Crippen molar-refractivity contribution in [2.75, 3.05) is 19.0 Å². The van der Waals surface area contributed by atoms with Crippen molar-refractivity contribution < 1.29 is 13.9 Å². The minimum Gasteiger partial charge on any atom is -0.436 e. The summed E-state index contributed by atoms with van der Waals surface area (Å²) < 4.78 is 24.1. The number of aromatic nitrogens is 2. The molecule has 2 rings (SSSR count). The summed E-state index contributed by atoms with van der Waals surface area (Å²) in [5.41, 5.74) is 0.936. The third-order valence-corrected chi connectivity index (χ3v) is 2.47. The van der Waals surface area contributed by atoms with Gasteiger partial charge in [0.1, 0.15) is 5.75 Å². The Morgan fingerprint density at radius 3 is 2.95 bits per heavy atom. The Morgan fingerprint density at radius 2 is 2.20 bits per heavy atom. The van der Waals surface area contributed by atoms with Gasteiger partial charge < -0.3 is 14.8 Å². The lowest BCUT2D eigenvalue weighted by Gasteiger charge is -2.08. The summed E-state index contributed by atoms with van der Waals surface area (Å²) in [4.78, 5) is 7.80. The number of rotatable bonds is 6. The second-order valence-corrected chi connectivity index (χ2v) is 4.06. The summed E-state index contributed by atoms with van der Waals surface area (Å²) in [5.74, 6) is 0.117. The number of nitrogens with one attached hydrogen (secondary N) is 1. The van der Waals surface area contributed by atoms with E-state index in [1.165, 1.54) is 0 Å². The molecule has 1 N–H and O–H groups in total. The Bertz CT molecular complexity index is 578. The molecule has 0 radical (unpaired) electrons. The summed E-state index contributed by atoms with van der Waals surface area (Å²) in [6.45, 7) is 3.02. The smallest absolute Gasteiger partial charge is 0.260 e. The van der Waals surface area contributed by atoms with Crippen LogP contribution in [0.1, 0.15) is 12.5 Å². The Morgan fingerprint density at radius 1 is 1.35 bits per heavy atom. The molecule has 1 aromatic heterocycles. The molecule has 20 heavy (non-hydrogen) atoms. The van der Waals surface area contributed by atoms with Gasteiger partial charge >= 0.3 is 0 Å². The zero-order valence-corrected chi connectivity index (χ0v) is 11.4. The molecule has 2 aromatic rings. The highest BCUT2D eigenvalue weighted by Crippen LogP contribution is 2.23. The minimum atomic E-state index is -0.608. The van der Waals surface area contributed by atoms with Gasteiger partial charge in [0.15, 0.2) is 0 Å². The molecule has 1 heterocycles. The second kappa shape index (κ2) is 6.81. The van der Waals surface area contributed by atoms with Crippen LogP contribution in [-0.4, -0.2) is 23.6 Å². The van der Waals surface area contributed by atoms with Gasteiger partial charge in [0.25, 0.3) is 5.88 Å². The fourth-order valence-electron chi connectivity index (χ4n) is 1.64. The van der Waals surface area contributed by atoms with Gasteiger partial charge in [-0.25, -0.2) is 4.98 Å². The maximum Gasteiger partial charge on any atom is 0.260 e. The lowest BCUT2D eigenvalue weighted by molar-refractivity contribution is 0.184. The standard InChI is InChI=1S/C14H16FN3O2/c1-3-16-14-17-8-12(15)13(18-14)20-11-6-4-5-10(7-11)9-19-2/h4-8H,3,9H2,1-2H3,(H,16,17,18). The van der Waals surface area contributed by atoms with Gasteiger partial charge in [0, 0.05) is 13.7 Å². The van der Waals surface area contributed by atoms with Gasteiger partial charge in [0.05, 0.1) is 12.8 Å². The van der Waals surface area contributed by atoms with E-state index < -0.39 is 5.82 Å². The second-order valence-electron chi connectivity index (χ2n) is 4.06. The molecule has 0 aliphatic carbocycles. The van der Waals surface area contributed by atoms with Crippen LogP contribution < -0.4 is 10.1 Å². The van der Waals surface area contributed by atoms with Crippen molar-refractivity contribution in [3.05, 3.63) is 41.8 Å². The molecule has 106 valence electrons. The van der Waals surface area contributed by atoms with Crippen molar-refractivity contribution in [3.8, 4) is 11.6 Å². The lowest BCUT2D eigenvalue weighted by Crippen LogP contribution is -2.04. The summed E-state index contributed by atoms with van der Waals surface area (Å²) >= 11 is 0. The third-order valence-electron chi connectivity index (χ3n) is 2.47. The Labute approximate surface area is 116 Å². The number of nitrogens with zero attached hydrogens (tertiary/aromatic N) is 2. The van der Waals surface area contributed by atoms with Gasteiger partial charge in [0.2, 0.25) is 11.8 Å². The largest absolute Gasteiger partial charge is 0.436 e. The number of hydrogen-bond donors (Lipinski definition) is 1. The molecular formula is C14H16FN3O2. The van der Waals surface area contributed by atoms with Crippen LogP contribution in [0.25, 0.3) is 0 Å². The third kappa shape index (κ3) is 3.64. The maximum absolute atomic E-state index is 13.6. The van der Waals surface area contributed by atoms with Crippen LogP contribution in [-0.2, 0) is 11.3 Å². The minimum absolute atomic E-state index is 0.106. The van der Waals surface area contributed by atoms with Crippen LogP contribution in [0.4, 0.5) is 10.3 Å². The Hall–Kier alpha value is -2.21. The average molecular weight is 277 g/mol. The van der Waals surface area contributed by atoms with Gasteiger partial charge in [-0.1, -0.05) is 12.1 Å². The van der Waals surface area contributed by atoms with Crippen molar-refractivity contribution in [3.63, 3.8) is 0 Å². The van der Waals surface area contributed by atoms with Crippen molar-refractivity contribution in [2.24, 2.45) is 0 Å². The van der Waals surface area contributed by atoms with Crippen molar-refractivity contribution in [1.29, 1.82) is 0 Å². The first-order valence-corrected chi connectivity index (χ1v) is 6.25. The summed E-state index contributed by atoms with van der Waals surface area (Å²) in [6.07, 6.45) is 1.08. The van der Waals surface area contributed by atoms with E-state index in [4.69, 9.17) is 9.47 Å². The normalized spacial score (nSPS) is 10.3. The highest BCUT2D eigenvalue weighted by molar-refractivity contribution is 5.34. The molecule has 0 atom stereocenters. The number of benzene rings is 1. The molecule has 0 amide bonds. The topological polar surface area (TPSA) is 56.3 Å². The molecule has 0 bridgehead atoms. The highest BCUT2D eigenvalue weighted by Gasteiger charge is 2.09. The summed E-state index contributed by atoms with van der Waals surface area (Å²) in [7, 11) is 1.61. The zero-order valence-electron chi connectivity index (χ0n) is 11.4. The van der Waals surface area contributed by atoms with Crippen LogP contribution in [0.2, 0.25) is 0 Å². The first-order valence-electron chi connectivity index (χ1n) is 6.25. The summed E-state index contributed by atoms with van der Waals surface area (Å²) in [5, 5.41) is 2.90. The molecule has 0 aliphatic rings. The molecule has 0 spiro atoms. The van der Waals surface area contributed by atoms with E-state index >= 15 is 0 Å². The van der Waals surface area contributed by atoms with Crippen molar-refractivity contribution in [1.82, 2.24) is 9.97 Å². The summed E-state index contributed by atoms with van der Waals surface area (Å²) in [6, 6.07) is 7.22. The molecule has 0 unspecified atom stereocenters. The molecule has 0 saturated carbocycles. The Kier molecular flexibility index (Phi) is 4.84. The first kappa shape index (κ1) is 14.2. The van der Waals surface area contributed by atoms with E-state index in [9.17, 15) is 4.39 Å². The fraction of sp³-hybridized carbons (Fsp3) is 0.286. The lowest BCUT2D eigenvalue weighted by atomic mass is 10.2. The monoisotopic (exact) mass is 277 g/mol. The zero-order chi connectivity index (χ0) is 14.4. The SMILES string of the molecule is CCNc1ncc(F)c(Oc2cccc(COC)c2)n1. The van der Waals surface area contributed by atoms with Crippen LogP contribution in [0, 0.1) is 5.82 Å². The van der Waals surface area contributed by atoms with Crippen molar-refractivity contribution >= 4 is 5.95 Å². The van der Waals surface area contributed by atoms with E-state index in [2.05, 4.69) is 15.3 Å². The molecule has 1 aromatic carbocycles. The van der Waals surface area contributed by atoms with Crippen LogP contribution in [0.3, 0.4) is 0 Å². The number of hydrogen-bond acceptors (Lipinski definition) is 5. The predicted octanol–water partition coefficient (Wildman–Crippen LogP) is 2.99. The first-order chi connectivity index (χ1) is 9.72. The predicted molar refractivity (Wildman–Crippen MR) is 73.4 cm³/mol. The Balaban J connectivity index is 2.20. The van der Waals surface area contributed by atoms with E-state index in [-0.39, 0.29) is 5.88 Å². The number of ether oxygens (including phenoxy) is 2. The molecule has 5 nitrogen and oxygen atoms in total. The molecule has 0 fully saturated rings. The van der Waals surface area contributed by atoms with E-state index in [1.807, 2.05) is 19.1 Å². The number of halogens is 1. The van der Waals surface area contributed by atoms with Gasteiger partial charge in [-0.15, -0.1) is 0 Å². The quantitative estimate of drug-likeness (QED) is 0.879. The highest BCUT2D eigenvalue weighted by atomic mass is 19.1. The van der Waals surface area contributed by atoms with E-state index in [1.54, 1.807) is 19.2 Å². The number of anilines is 1. The van der Waals surface area contributed by atoms with Crippen LogP contribution >= 0.6 is 0 Å². The fourth-order valence-corrected chi connectivity index (χ4v) is 1.64.